The summed E-state index contributed by atoms with van der Waals surface area (Å²) in [6.45, 7) is 6.74. The Labute approximate surface area is 84.2 Å². The maximum Gasteiger partial charge on any atom is 0.0388 e. The van der Waals surface area contributed by atoms with Crippen LogP contribution in [0.25, 0.3) is 0 Å². The molecule has 1 aromatic heterocycles. The molecule has 0 spiro atoms. The van der Waals surface area contributed by atoms with Crippen molar-refractivity contribution in [3.63, 3.8) is 0 Å². The molecule has 1 N–H and O–H groups in total. The zero-order valence-electron chi connectivity index (χ0n) is 8.50. The van der Waals surface area contributed by atoms with E-state index in [1.54, 1.807) is 0 Å². The van der Waals surface area contributed by atoms with Gasteiger partial charge in [0.2, 0.25) is 0 Å². The Morgan fingerprint density at radius 1 is 1.54 bits per heavy atom. The maximum atomic E-state index is 3.64. The van der Waals surface area contributed by atoms with Crippen molar-refractivity contribution in [1.82, 2.24) is 5.32 Å². The van der Waals surface area contributed by atoms with Crippen LogP contribution in [0.3, 0.4) is 0 Å². The van der Waals surface area contributed by atoms with Crippen molar-refractivity contribution in [2.75, 3.05) is 0 Å². The van der Waals surface area contributed by atoms with Gasteiger partial charge in [-0.05, 0) is 38.3 Å². The van der Waals surface area contributed by atoms with Gasteiger partial charge in [-0.15, -0.1) is 11.3 Å². The Morgan fingerprint density at radius 3 is 2.69 bits per heavy atom. The molecule has 13 heavy (non-hydrogen) atoms. The molecule has 2 rings (SSSR count). The Bertz CT molecular complexity index is 292. The van der Waals surface area contributed by atoms with Gasteiger partial charge < -0.3 is 5.32 Å². The summed E-state index contributed by atoms with van der Waals surface area (Å²) >= 11 is 1.90. The molecule has 1 aliphatic carbocycles. The number of rotatable bonds is 3. The zero-order valence-corrected chi connectivity index (χ0v) is 9.32. The van der Waals surface area contributed by atoms with E-state index in [4.69, 9.17) is 0 Å². The first-order valence-electron chi connectivity index (χ1n) is 4.99. The van der Waals surface area contributed by atoms with Gasteiger partial charge in [-0.3, -0.25) is 0 Å². The Morgan fingerprint density at radius 2 is 2.23 bits per heavy atom. The van der Waals surface area contributed by atoms with Crippen LogP contribution < -0.4 is 5.32 Å². The lowest BCUT2D eigenvalue weighted by atomic mass is 10.2. The van der Waals surface area contributed by atoms with Crippen molar-refractivity contribution < 1.29 is 0 Å². The number of thiophene rings is 1. The quantitative estimate of drug-likeness (QED) is 0.781. The van der Waals surface area contributed by atoms with Crippen LogP contribution >= 0.6 is 11.3 Å². The molecule has 2 heteroatoms. The van der Waals surface area contributed by atoms with Gasteiger partial charge in [0.05, 0.1) is 0 Å². The number of hydrogen-bond acceptors (Lipinski definition) is 2. The fraction of sp³-hybridized carbons (Fsp3) is 0.636. The number of aryl methyl sites for hydroxylation is 1. The fourth-order valence-electron chi connectivity index (χ4n) is 1.64. The molecule has 0 aromatic carbocycles. The molecule has 1 fully saturated rings. The first-order chi connectivity index (χ1) is 6.16. The lowest BCUT2D eigenvalue weighted by Crippen LogP contribution is -2.21. The molecule has 0 amide bonds. The molecule has 0 saturated heterocycles. The smallest absolute Gasteiger partial charge is 0.0388 e. The minimum absolute atomic E-state index is 0.536. The lowest BCUT2D eigenvalue weighted by Gasteiger charge is -2.10. The molecular formula is C11H17NS. The van der Waals surface area contributed by atoms with Crippen LogP contribution in [0, 0.1) is 12.8 Å². The summed E-state index contributed by atoms with van der Waals surface area (Å²) in [5, 5.41) is 3.64. The van der Waals surface area contributed by atoms with Crippen LogP contribution in [0.1, 0.15) is 36.1 Å². The van der Waals surface area contributed by atoms with E-state index in [1.165, 1.54) is 16.2 Å². The Balaban J connectivity index is 1.93. The van der Waals surface area contributed by atoms with Crippen molar-refractivity contribution in [3.8, 4) is 0 Å². The van der Waals surface area contributed by atoms with Crippen molar-refractivity contribution in [3.05, 3.63) is 21.9 Å². The van der Waals surface area contributed by atoms with Gasteiger partial charge in [0, 0.05) is 21.8 Å². The van der Waals surface area contributed by atoms with Gasteiger partial charge in [-0.2, -0.15) is 0 Å². The monoisotopic (exact) mass is 195 g/mol. The summed E-state index contributed by atoms with van der Waals surface area (Å²) in [5.41, 5.74) is 0. The van der Waals surface area contributed by atoms with Crippen LogP contribution in [0.5, 0.6) is 0 Å². The van der Waals surface area contributed by atoms with Gasteiger partial charge in [0.25, 0.3) is 0 Å². The molecule has 0 aliphatic heterocycles. The highest BCUT2D eigenvalue weighted by Crippen LogP contribution is 2.32. The number of hydrogen-bond donors (Lipinski definition) is 1. The summed E-state index contributed by atoms with van der Waals surface area (Å²) in [7, 11) is 0. The normalized spacial score (nSPS) is 28.8. The zero-order chi connectivity index (χ0) is 9.42. The third-order valence-corrected chi connectivity index (χ3v) is 3.94. The molecule has 1 unspecified atom stereocenters. The van der Waals surface area contributed by atoms with Gasteiger partial charge in [0.15, 0.2) is 0 Å². The van der Waals surface area contributed by atoms with E-state index < -0.39 is 0 Å². The second kappa shape index (κ2) is 3.43. The van der Waals surface area contributed by atoms with Crippen molar-refractivity contribution in [1.29, 1.82) is 0 Å². The summed E-state index contributed by atoms with van der Waals surface area (Å²) in [6, 6.07) is 5.75. The SMILES string of the molecule is Cc1ccc(C(C)N[C@@H]2C[C@H]2C)s1. The summed E-state index contributed by atoms with van der Waals surface area (Å²) in [5.74, 6) is 0.892. The minimum atomic E-state index is 0.536. The van der Waals surface area contributed by atoms with Crippen molar-refractivity contribution >= 4 is 11.3 Å². The van der Waals surface area contributed by atoms with Gasteiger partial charge in [-0.1, -0.05) is 6.92 Å². The third-order valence-electron chi connectivity index (χ3n) is 2.76. The van der Waals surface area contributed by atoms with Crippen LogP contribution in [-0.4, -0.2) is 6.04 Å². The predicted octanol–water partition coefficient (Wildman–Crippen LogP) is 3.12. The van der Waals surface area contributed by atoms with Crippen LogP contribution in [0.15, 0.2) is 12.1 Å². The van der Waals surface area contributed by atoms with Gasteiger partial charge in [0.1, 0.15) is 0 Å². The first kappa shape index (κ1) is 9.22. The van der Waals surface area contributed by atoms with Gasteiger partial charge >= 0.3 is 0 Å². The molecule has 1 nitrogen and oxygen atoms in total. The van der Waals surface area contributed by atoms with E-state index in [-0.39, 0.29) is 0 Å². The average Bonchev–Trinajstić information content (AvgIpc) is 2.62. The molecule has 1 heterocycles. The average molecular weight is 195 g/mol. The van der Waals surface area contributed by atoms with E-state index >= 15 is 0 Å². The molecule has 1 aliphatic rings. The van der Waals surface area contributed by atoms with Crippen LogP contribution in [0.2, 0.25) is 0 Å². The van der Waals surface area contributed by atoms with E-state index in [1.807, 2.05) is 11.3 Å². The second-order valence-electron chi connectivity index (χ2n) is 4.16. The second-order valence-corrected chi connectivity index (χ2v) is 5.48. The van der Waals surface area contributed by atoms with E-state index in [2.05, 4.69) is 38.2 Å². The molecular weight excluding hydrogens is 178 g/mol. The highest BCUT2D eigenvalue weighted by molar-refractivity contribution is 7.12. The van der Waals surface area contributed by atoms with E-state index in [0.717, 1.165) is 12.0 Å². The minimum Gasteiger partial charge on any atom is -0.306 e. The summed E-state index contributed by atoms with van der Waals surface area (Å²) < 4.78 is 0. The Hall–Kier alpha value is -0.340. The third kappa shape index (κ3) is 2.12. The molecule has 1 saturated carbocycles. The Kier molecular flexibility index (Phi) is 2.43. The van der Waals surface area contributed by atoms with Gasteiger partial charge in [-0.25, -0.2) is 0 Å². The van der Waals surface area contributed by atoms with E-state index in [0.29, 0.717) is 6.04 Å². The number of nitrogens with one attached hydrogen (secondary N) is 1. The summed E-state index contributed by atoms with van der Waals surface area (Å²) in [4.78, 5) is 2.88. The molecule has 0 radical (unpaired) electrons. The lowest BCUT2D eigenvalue weighted by molar-refractivity contribution is 0.559. The van der Waals surface area contributed by atoms with Crippen molar-refractivity contribution in [2.24, 2.45) is 5.92 Å². The van der Waals surface area contributed by atoms with Crippen LogP contribution in [0.4, 0.5) is 0 Å². The highest BCUT2D eigenvalue weighted by Gasteiger charge is 2.33. The molecule has 1 aromatic rings. The highest BCUT2D eigenvalue weighted by atomic mass is 32.1. The van der Waals surface area contributed by atoms with Crippen LogP contribution in [-0.2, 0) is 0 Å². The summed E-state index contributed by atoms with van der Waals surface area (Å²) in [6.07, 6.45) is 1.36. The molecule has 72 valence electrons. The van der Waals surface area contributed by atoms with Crippen molar-refractivity contribution in [2.45, 2.75) is 39.3 Å². The molecule has 0 bridgehead atoms. The topological polar surface area (TPSA) is 12.0 Å². The largest absolute Gasteiger partial charge is 0.306 e. The maximum absolute atomic E-state index is 3.64. The standard InChI is InChI=1S/C11H17NS/c1-7-6-10(7)12-9(3)11-5-4-8(2)13-11/h4-5,7,9-10,12H,6H2,1-3H3/t7-,9?,10-/m1/s1. The fourth-order valence-corrected chi connectivity index (χ4v) is 2.53. The van der Waals surface area contributed by atoms with E-state index in [9.17, 15) is 0 Å². The predicted molar refractivity (Wildman–Crippen MR) is 58.2 cm³/mol. The first-order valence-corrected chi connectivity index (χ1v) is 5.81. The molecule has 3 atom stereocenters.